The van der Waals surface area contributed by atoms with Gasteiger partial charge in [0.15, 0.2) is 0 Å². The molecule has 1 aromatic carbocycles. The van der Waals surface area contributed by atoms with Gasteiger partial charge in [0.2, 0.25) is 0 Å². The number of hydrogen-bond acceptors (Lipinski definition) is 4. The summed E-state index contributed by atoms with van der Waals surface area (Å²) in [6.07, 6.45) is 1.66. The fourth-order valence-corrected chi connectivity index (χ4v) is 3.50. The van der Waals surface area contributed by atoms with Crippen LogP contribution in [0.4, 0.5) is 0 Å². The number of nitrogens with zero attached hydrogens (tertiary/aromatic N) is 3. The molecule has 5 nitrogen and oxygen atoms in total. The van der Waals surface area contributed by atoms with Gasteiger partial charge in [-0.15, -0.1) is 0 Å². The first kappa shape index (κ1) is 19.4. The monoisotopic (exact) mass is 367 g/mol. The van der Waals surface area contributed by atoms with E-state index in [1.165, 1.54) is 11.1 Å². The van der Waals surface area contributed by atoms with E-state index in [1.54, 1.807) is 12.3 Å². The number of carbonyl (C=O) groups is 1. The molecule has 1 aromatic heterocycles. The van der Waals surface area contributed by atoms with Crippen molar-refractivity contribution in [2.75, 3.05) is 39.3 Å². The SMILES string of the molecule is Cc1cc(OCCN2CCN(C(=O)c3ccccn3)CC2)ccc1C(C)C. The maximum absolute atomic E-state index is 12.4. The fourth-order valence-electron chi connectivity index (χ4n) is 3.50. The quantitative estimate of drug-likeness (QED) is 0.785. The molecular weight excluding hydrogens is 338 g/mol. The summed E-state index contributed by atoms with van der Waals surface area (Å²) >= 11 is 0. The first-order valence-electron chi connectivity index (χ1n) is 9.70. The zero-order valence-electron chi connectivity index (χ0n) is 16.5. The van der Waals surface area contributed by atoms with E-state index in [0.29, 0.717) is 18.2 Å². The molecule has 144 valence electrons. The molecule has 1 saturated heterocycles. The smallest absolute Gasteiger partial charge is 0.272 e. The summed E-state index contributed by atoms with van der Waals surface area (Å²) in [6.45, 7) is 11.3. The molecule has 1 fully saturated rings. The van der Waals surface area contributed by atoms with Crippen LogP contribution in [0.1, 0.15) is 41.4 Å². The van der Waals surface area contributed by atoms with E-state index >= 15 is 0 Å². The molecule has 0 aliphatic carbocycles. The molecule has 0 atom stereocenters. The highest BCUT2D eigenvalue weighted by atomic mass is 16.5. The van der Waals surface area contributed by atoms with Crippen LogP contribution in [0.3, 0.4) is 0 Å². The zero-order chi connectivity index (χ0) is 19.2. The standard InChI is InChI=1S/C22H29N3O2/c1-17(2)20-8-7-19(16-18(20)3)27-15-14-24-10-12-25(13-11-24)22(26)21-6-4-5-9-23-21/h4-9,16-17H,10-15H2,1-3H3. The van der Waals surface area contributed by atoms with Gasteiger partial charge < -0.3 is 9.64 Å². The van der Waals surface area contributed by atoms with Crippen LogP contribution in [0.15, 0.2) is 42.6 Å². The number of aryl methyl sites for hydroxylation is 1. The Morgan fingerprint density at radius 2 is 1.93 bits per heavy atom. The summed E-state index contributed by atoms with van der Waals surface area (Å²) in [5, 5.41) is 0. The van der Waals surface area contributed by atoms with Crippen molar-refractivity contribution in [2.24, 2.45) is 0 Å². The Morgan fingerprint density at radius 1 is 1.15 bits per heavy atom. The van der Waals surface area contributed by atoms with Gasteiger partial charge in [0, 0.05) is 38.9 Å². The first-order chi connectivity index (χ1) is 13.0. The minimum absolute atomic E-state index is 0.0206. The first-order valence-corrected chi connectivity index (χ1v) is 9.70. The van der Waals surface area contributed by atoms with Gasteiger partial charge in [0.25, 0.3) is 5.91 Å². The number of aromatic nitrogens is 1. The van der Waals surface area contributed by atoms with E-state index in [1.807, 2.05) is 17.0 Å². The van der Waals surface area contributed by atoms with E-state index in [2.05, 4.69) is 48.9 Å². The molecule has 0 saturated carbocycles. The summed E-state index contributed by atoms with van der Waals surface area (Å²) in [7, 11) is 0. The highest BCUT2D eigenvalue weighted by Crippen LogP contribution is 2.23. The van der Waals surface area contributed by atoms with Crippen molar-refractivity contribution in [1.82, 2.24) is 14.8 Å². The molecule has 0 bridgehead atoms. The number of ether oxygens (including phenoxy) is 1. The van der Waals surface area contributed by atoms with Crippen molar-refractivity contribution in [3.8, 4) is 5.75 Å². The summed E-state index contributed by atoms with van der Waals surface area (Å²) in [5.74, 6) is 1.48. The lowest BCUT2D eigenvalue weighted by Crippen LogP contribution is -2.49. The Hall–Kier alpha value is -2.40. The lowest BCUT2D eigenvalue weighted by molar-refractivity contribution is 0.0614. The molecule has 3 rings (SSSR count). The van der Waals surface area contributed by atoms with Crippen LogP contribution in [0.25, 0.3) is 0 Å². The molecule has 2 heterocycles. The molecule has 1 aliphatic rings. The average Bonchev–Trinajstić information content (AvgIpc) is 2.68. The number of rotatable bonds is 6. The Kier molecular flexibility index (Phi) is 6.45. The van der Waals surface area contributed by atoms with Crippen LogP contribution in [-0.2, 0) is 0 Å². The van der Waals surface area contributed by atoms with Crippen LogP contribution >= 0.6 is 0 Å². The third kappa shape index (κ3) is 5.07. The van der Waals surface area contributed by atoms with Crippen LogP contribution in [-0.4, -0.2) is 60.0 Å². The van der Waals surface area contributed by atoms with Gasteiger partial charge in [-0.1, -0.05) is 26.0 Å². The summed E-state index contributed by atoms with van der Waals surface area (Å²) in [4.78, 5) is 20.8. The molecular formula is C22H29N3O2. The largest absolute Gasteiger partial charge is 0.492 e. The summed E-state index contributed by atoms with van der Waals surface area (Å²) < 4.78 is 5.94. The van der Waals surface area contributed by atoms with E-state index in [0.717, 1.165) is 38.5 Å². The second-order valence-electron chi connectivity index (χ2n) is 7.37. The normalized spacial score (nSPS) is 15.2. The predicted octanol–water partition coefficient (Wildman–Crippen LogP) is 3.35. The second-order valence-corrected chi connectivity index (χ2v) is 7.37. The van der Waals surface area contributed by atoms with Crippen molar-refractivity contribution < 1.29 is 9.53 Å². The number of benzene rings is 1. The van der Waals surface area contributed by atoms with Crippen LogP contribution in [0, 0.1) is 6.92 Å². The highest BCUT2D eigenvalue weighted by Gasteiger charge is 2.22. The van der Waals surface area contributed by atoms with Crippen LogP contribution < -0.4 is 4.74 Å². The molecule has 27 heavy (non-hydrogen) atoms. The highest BCUT2D eigenvalue weighted by molar-refractivity contribution is 5.92. The summed E-state index contributed by atoms with van der Waals surface area (Å²) in [5.41, 5.74) is 3.18. The maximum Gasteiger partial charge on any atom is 0.272 e. The van der Waals surface area contributed by atoms with Gasteiger partial charge in [0.1, 0.15) is 18.1 Å². The number of pyridine rings is 1. The third-order valence-electron chi connectivity index (χ3n) is 5.08. The topological polar surface area (TPSA) is 45.7 Å². The molecule has 0 spiro atoms. The Bertz CT molecular complexity index is 753. The van der Waals surface area contributed by atoms with Crippen molar-refractivity contribution in [3.63, 3.8) is 0 Å². The van der Waals surface area contributed by atoms with Crippen molar-refractivity contribution in [3.05, 3.63) is 59.4 Å². The molecule has 0 radical (unpaired) electrons. The van der Waals surface area contributed by atoms with Gasteiger partial charge in [-0.3, -0.25) is 14.7 Å². The Labute approximate surface area is 162 Å². The second kappa shape index (κ2) is 9.00. The van der Waals surface area contributed by atoms with E-state index in [4.69, 9.17) is 4.74 Å². The number of carbonyl (C=O) groups excluding carboxylic acids is 1. The molecule has 0 unspecified atom stereocenters. The van der Waals surface area contributed by atoms with E-state index in [-0.39, 0.29) is 5.91 Å². The van der Waals surface area contributed by atoms with E-state index in [9.17, 15) is 4.79 Å². The van der Waals surface area contributed by atoms with Gasteiger partial charge >= 0.3 is 0 Å². The molecule has 5 heteroatoms. The van der Waals surface area contributed by atoms with Crippen LogP contribution in [0.2, 0.25) is 0 Å². The molecule has 0 N–H and O–H groups in total. The average molecular weight is 367 g/mol. The van der Waals surface area contributed by atoms with Crippen LogP contribution in [0.5, 0.6) is 5.75 Å². The van der Waals surface area contributed by atoms with E-state index < -0.39 is 0 Å². The Balaban J connectivity index is 1.42. The number of amides is 1. The Morgan fingerprint density at radius 3 is 2.56 bits per heavy atom. The lowest BCUT2D eigenvalue weighted by atomic mass is 9.98. The summed E-state index contributed by atoms with van der Waals surface area (Å²) in [6, 6.07) is 11.8. The van der Waals surface area contributed by atoms with Crippen molar-refractivity contribution in [1.29, 1.82) is 0 Å². The minimum atomic E-state index is 0.0206. The van der Waals surface area contributed by atoms with Crippen molar-refractivity contribution in [2.45, 2.75) is 26.7 Å². The molecule has 1 aliphatic heterocycles. The molecule has 1 amide bonds. The fraction of sp³-hybridized carbons (Fsp3) is 0.455. The van der Waals surface area contributed by atoms with Gasteiger partial charge in [-0.25, -0.2) is 0 Å². The third-order valence-corrected chi connectivity index (χ3v) is 5.08. The van der Waals surface area contributed by atoms with Gasteiger partial charge in [-0.2, -0.15) is 0 Å². The lowest BCUT2D eigenvalue weighted by Gasteiger charge is -2.34. The van der Waals surface area contributed by atoms with Gasteiger partial charge in [-0.05, 0) is 48.2 Å². The minimum Gasteiger partial charge on any atom is -0.492 e. The maximum atomic E-state index is 12.4. The zero-order valence-corrected chi connectivity index (χ0v) is 16.5. The van der Waals surface area contributed by atoms with Gasteiger partial charge in [0.05, 0.1) is 0 Å². The van der Waals surface area contributed by atoms with Crippen molar-refractivity contribution >= 4 is 5.91 Å². The number of piperazine rings is 1. The number of hydrogen-bond donors (Lipinski definition) is 0. The molecule has 2 aromatic rings. The predicted molar refractivity (Wildman–Crippen MR) is 107 cm³/mol.